The molecule has 0 aliphatic carbocycles. The number of rotatable bonds is 9. The number of furan rings is 2. The first-order valence-electron chi connectivity index (χ1n) is 13.1. The first kappa shape index (κ1) is 26.9. The monoisotopic (exact) mass is 580 g/mol. The molecule has 10 nitrogen and oxygen atoms in total. The number of carbonyl (C=O) groups excluding carboxylic acids is 2. The third-order valence-electron chi connectivity index (χ3n) is 6.26. The second-order valence-electron chi connectivity index (χ2n) is 9.11. The summed E-state index contributed by atoms with van der Waals surface area (Å²) in [6, 6.07) is 19.4. The molecule has 11 heteroatoms. The van der Waals surface area contributed by atoms with Gasteiger partial charge in [0.15, 0.2) is 22.8 Å². The number of anilines is 1. The van der Waals surface area contributed by atoms with Gasteiger partial charge in [-0.3, -0.25) is 10.1 Å². The summed E-state index contributed by atoms with van der Waals surface area (Å²) in [7, 11) is 0. The summed E-state index contributed by atoms with van der Waals surface area (Å²) >= 11 is 1.28. The average molecular weight is 581 g/mol. The molecule has 4 heterocycles. The van der Waals surface area contributed by atoms with Crippen LogP contribution >= 0.6 is 11.3 Å². The molecule has 0 saturated heterocycles. The number of fused-ring (bicyclic) bond motifs is 1. The van der Waals surface area contributed by atoms with Gasteiger partial charge in [-0.2, -0.15) is 0 Å². The van der Waals surface area contributed by atoms with E-state index in [-0.39, 0.29) is 5.56 Å². The molecule has 1 N–H and O–H groups in total. The van der Waals surface area contributed by atoms with Crippen molar-refractivity contribution in [3.8, 4) is 39.9 Å². The Hall–Kier alpha value is -5.29. The van der Waals surface area contributed by atoms with Crippen molar-refractivity contribution in [2.75, 3.05) is 11.9 Å². The van der Waals surface area contributed by atoms with Crippen molar-refractivity contribution in [3.63, 3.8) is 0 Å². The van der Waals surface area contributed by atoms with Crippen molar-refractivity contribution in [2.24, 2.45) is 0 Å². The van der Waals surface area contributed by atoms with Crippen LogP contribution in [0.25, 0.3) is 45.2 Å². The first-order valence-corrected chi connectivity index (χ1v) is 14.0. The van der Waals surface area contributed by atoms with Crippen molar-refractivity contribution in [2.45, 2.75) is 20.0 Å². The summed E-state index contributed by atoms with van der Waals surface area (Å²) in [5, 5.41) is 4.95. The fourth-order valence-corrected chi connectivity index (χ4v) is 4.92. The molecule has 6 rings (SSSR count). The molecule has 6 aromatic rings. The molecule has 1 amide bonds. The maximum absolute atomic E-state index is 13.0. The van der Waals surface area contributed by atoms with E-state index in [1.807, 2.05) is 36.6 Å². The molecule has 0 fully saturated rings. The maximum Gasteiger partial charge on any atom is 0.338 e. The quantitative estimate of drug-likeness (QED) is 0.182. The van der Waals surface area contributed by atoms with Gasteiger partial charge in [-0.05, 0) is 80.6 Å². The summed E-state index contributed by atoms with van der Waals surface area (Å²) in [4.78, 5) is 39.7. The van der Waals surface area contributed by atoms with Crippen molar-refractivity contribution >= 4 is 39.4 Å². The summed E-state index contributed by atoms with van der Waals surface area (Å²) in [6.07, 6.45) is 2.02. The number of esters is 1. The summed E-state index contributed by atoms with van der Waals surface area (Å²) in [6.45, 7) is 4.01. The molecule has 42 heavy (non-hydrogen) atoms. The lowest BCUT2D eigenvalue weighted by Gasteiger charge is -2.13. The van der Waals surface area contributed by atoms with Crippen molar-refractivity contribution in [1.82, 2.24) is 15.0 Å². The predicted molar refractivity (Wildman–Crippen MR) is 157 cm³/mol. The highest BCUT2D eigenvalue weighted by Gasteiger charge is 2.22. The number of amides is 1. The van der Waals surface area contributed by atoms with Gasteiger partial charge in [0.1, 0.15) is 17.1 Å². The lowest BCUT2D eigenvalue weighted by atomic mass is 10.1. The lowest BCUT2D eigenvalue weighted by Crippen LogP contribution is -2.30. The van der Waals surface area contributed by atoms with E-state index in [2.05, 4.69) is 10.3 Å². The van der Waals surface area contributed by atoms with Gasteiger partial charge in [-0.25, -0.2) is 19.7 Å². The van der Waals surface area contributed by atoms with E-state index in [9.17, 15) is 9.59 Å². The Morgan fingerprint density at radius 1 is 0.905 bits per heavy atom. The Labute approximate surface area is 244 Å². The number of nitrogens with one attached hydrogen (secondary N) is 1. The summed E-state index contributed by atoms with van der Waals surface area (Å²) in [5.41, 5.74) is 3.80. The van der Waals surface area contributed by atoms with Crippen LogP contribution in [-0.4, -0.2) is 39.5 Å². The Balaban J connectivity index is 1.15. The number of hydrogen-bond donors (Lipinski definition) is 1. The third kappa shape index (κ3) is 5.63. The van der Waals surface area contributed by atoms with Crippen LogP contribution in [0.15, 0.2) is 93.5 Å². The molecule has 1 unspecified atom stereocenters. The topological polar surface area (TPSA) is 130 Å². The van der Waals surface area contributed by atoms with Crippen LogP contribution in [0.4, 0.5) is 5.13 Å². The number of carbonyl (C=O) groups is 2. The van der Waals surface area contributed by atoms with Gasteiger partial charge in [-0.1, -0.05) is 0 Å². The second-order valence-corrected chi connectivity index (χ2v) is 9.97. The predicted octanol–water partition coefficient (Wildman–Crippen LogP) is 6.86. The fourth-order valence-electron chi connectivity index (χ4n) is 4.19. The number of hydrogen-bond acceptors (Lipinski definition) is 10. The molecule has 1 atom stereocenters. The van der Waals surface area contributed by atoms with E-state index in [1.54, 1.807) is 55.0 Å². The molecule has 2 aromatic carbocycles. The highest BCUT2D eigenvalue weighted by molar-refractivity contribution is 7.14. The summed E-state index contributed by atoms with van der Waals surface area (Å²) in [5.74, 6) is 0.633. The number of ether oxygens (including phenoxy) is 2. The average Bonchev–Trinajstić information content (AvgIpc) is 3.80. The summed E-state index contributed by atoms with van der Waals surface area (Å²) < 4.78 is 22.0. The number of benzene rings is 2. The zero-order valence-electron chi connectivity index (χ0n) is 22.6. The fraction of sp³-hybridized carbons (Fsp3) is 0.129. The van der Waals surface area contributed by atoms with Crippen LogP contribution in [0, 0.1) is 0 Å². The van der Waals surface area contributed by atoms with Crippen molar-refractivity contribution in [3.05, 3.63) is 90.2 Å². The standard InChI is InChI=1S/C31H24N4O6S/c1-3-38-21-11-8-19(9-12-21)24-17-42-31(34-24)35-29(36)18(2)41-30(37)20-10-13-22-23(16-20)33-28(26-7-5-15-40-26)27(32-22)25-6-4-14-39-25/h4-18H,3H2,1-2H3,(H,34,35,36). The number of aromatic nitrogens is 3. The zero-order valence-corrected chi connectivity index (χ0v) is 23.4. The molecule has 4 aromatic heterocycles. The largest absolute Gasteiger partial charge is 0.494 e. The molecule has 0 bridgehead atoms. The van der Waals surface area contributed by atoms with Gasteiger partial charge in [-0.15, -0.1) is 11.3 Å². The normalized spacial score (nSPS) is 11.8. The molecule has 0 radical (unpaired) electrons. The SMILES string of the molecule is CCOc1ccc(-c2csc(NC(=O)C(C)OC(=O)c3ccc4nc(-c5ccco5)c(-c5ccco5)nc4c3)n2)cc1. The highest BCUT2D eigenvalue weighted by atomic mass is 32.1. The van der Waals surface area contributed by atoms with E-state index < -0.39 is 18.0 Å². The smallest absolute Gasteiger partial charge is 0.338 e. The molecule has 0 saturated carbocycles. The molecule has 0 aliphatic heterocycles. The zero-order chi connectivity index (χ0) is 29.1. The van der Waals surface area contributed by atoms with Crippen LogP contribution in [-0.2, 0) is 9.53 Å². The van der Waals surface area contributed by atoms with E-state index in [0.717, 1.165) is 11.3 Å². The number of thiazole rings is 1. The Morgan fingerprint density at radius 3 is 2.24 bits per heavy atom. The Morgan fingerprint density at radius 2 is 1.60 bits per heavy atom. The molecular weight excluding hydrogens is 556 g/mol. The first-order chi connectivity index (χ1) is 20.5. The van der Waals surface area contributed by atoms with Gasteiger partial charge < -0.3 is 18.3 Å². The van der Waals surface area contributed by atoms with E-state index in [0.29, 0.717) is 51.4 Å². The Bertz CT molecular complexity index is 1850. The molecule has 210 valence electrons. The van der Waals surface area contributed by atoms with Gasteiger partial charge in [0.2, 0.25) is 0 Å². The van der Waals surface area contributed by atoms with Gasteiger partial charge in [0, 0.05) is 10.9 Å². The van der Waals surface area contributed by atoms with E-state index in [1.165, 1.54) is 18.3 Å². The molecule has 0 spiro atoms. The van der Waals surface area contributed by atoms with Crippen LogP contribution in [0.2, 0.25) is 0 Å². The minimum Gasteiger partial charge on any atom is -0.494 e. The lowest BCUT2D eigenvalue weighted by molar-refractivity contribution is -0.123. The van der Waals surface area contributed by atoms with Gasteiger partial charge in [0.25, 0.3) is 5.91 Å². The molecule has 0 aliphatic rings. The van der Waals surface area contributed by atoms with Crippen LogP contribution in [0.5, 0.6) is 5.75 Å². The van der Waals surface area contributed by atoms with E-state index >= 15 is 0 Å². The van der Waals surface area contributed by atoms with Gasteiger partial charge in [0.05, 0.1) is 41.4 Å². The minimum absolute atomic E-state index is 0.222. The second kappa shape index (κ2) is 11.7. The van der Waals surface area contributed by atoms with Crippen LogP contribution < -0.4 is 10.1 Å². The van der Waals surface area contributed by atoms with E-state index in [4.69, 9.17) is 28.3 Å². The van der Waals surface area contributed by atoms with Crippen LogP contribution in [0.3, 0.4) is 0 Å². The van der Waals surface area contributed by atoms with Crippen molar-refractivity contribution in [1.29, 1.82) is 0 Å². The van der Waals surface area contributed by atoms with Crippen molar-refractivity contribution < 1.29 is 27.9 Å². The van der Waals surface area contributed by atoms with Gasteiger partial charge >= 0.3 is 5.97 Å². The third-order valence-corrected chi connectivity index (χ3v) is 7.02. The molecular formula is C31H24N4O6S. The maximum atomic E-state index is 13.0. The minimum atomic E-state index is -1.07. The Kier molecular flexibility index (Phi) is 7.48. The van der Waals surface area contributed by atoms with Crippen LogP contribution in [0.1, 0.15) is 24.2 Å². The number of nitrogens with zero attached hydrogens (tertiary/aromatic N) is 3. The highest BCUT2D eigenvalue weighted by Crippen LogP contribution is 2.32.